The van der Waals surface area contributed by atoms with Crippen molar-refractivity contribution in [1.29, 1.82) is 0 Å². The Morgan fingerprint density at radius 1 is 1.18 bits per heavy atom. The Hall–Kier alpha value is -0.860. The fourth-order valence-electron chi connectivity index (χ4n) is 3.20. The summed E-state index contributed by atoms with van der Waals surface area (Å²) in [7, 11) is 0. The smallest absolute Gasteiger partial charge is 0.0621 e. The molecule has 92 valence electrons. The van der Waals surface area contributed by atoms with Crippen molar-refractivity contribution in [2.75, 3.05) is 13.1 Å². The first-order valence-electron chi connectivity index (χ1n) is 6.56. The summed E-state index contributed by atoms with van der Waals surface area (Å²) in [5.74, 6) is 0.699. The van der Waals surface area contributed by atoms with Gasteiger partial charge in [0, 0.05) is 30.5 Å². The molecule has 2 fully saturated rings. The summed E-state index contributed by atoms with van der Waals surface area (Å²) >= 11 is 0. The van der Waals surface area contributed by atoms with Gasteiger partial charge in [-0.1, -0.05) is 44.2 Å². The molecule has 1 aromatic rings. The lowest BCUT2D eigenvalue weighted by atomic mass is 9.62. The second-order valence-corrected chi connectivity index (χ2v) is 6.15. The van der Waals surface area contributed by atoms with E-state index < -0.39 is 0 Å². The fraction of sp³-hybridized carbons (Fsp3) is 0.600. The third-order valence-electron chi connectivity index (χ3n) is 4.79. The molecule has 1 aliphatic heterocycles. The van der Waals surface area contributed by atoms with E-state index in [9.17, 15) is 5.11 Å². The van der Waals surface area contributed by atoms with Crippen LogP contribution >= 0.6 is 0 Å². The largest absolute Gasteiger partial charge is 0.392 e. The average Bonchev–Trinajstić information content (AvgIpc) is 2.28. The molecular formula is C15H21NO. The number of rotatable bonds is 2. The van der Waals surface area contributed by atoms with E-state index in [0.29, 0.717) is 12.0 Å². The third-order valence-corrected chi connectivity index (χ3v) is 4.79. The van der Waals surface area contributed by atoms with Gasteiger partial charge in [0.25, 0.3) is 0 Å². The number of aliphatic hydroxyl groups excluding tert-OH is 1. The number of aliphatic hydroxyl groups is 1. The molecular weight excluding hydrogens is 210 g/mol. The molecule has 0 aromatic heterocycles. The van der Waals surface area contributed by atoms with Crippen LogP contribution < -0.4 is 0 Å². The molecule has 1 heterocycles. The zero-order valence-electron chi connectivity index (χ0n) is 10.6. The highest BCUT2D eigenvalue weighted by Gasteiger charge is 2.52. The molecule has 1 saturated carbocycles. The van der Waals surface area contributed by atoms with Gasteiger partial charge in [0.1, 0.15) is 0 Å². The van der Waals surface area contributed by atoms with E-state index in [-0.39, 0.29) is 11.5 Å². The second-order valence-electron chi connectivity index (χ2n) is 6.15. The molecule has 2 atom stereocenters. The van der Waals surface area contributed by atoms with Crippen LogP contribution in [0.2, 0.25) is 0 Å². The molecule has 2 unspecified atom stereocenters. The predicted octanol–water partition coefficient (Wildman–Crippen LogP) is 2.25. The van der Waals surface area contributed by atoms with Gasteiger partial charge in [-0.15, -0.1) is 0 Å². The number of benzene rings is 1. The summed E-state index contributed by atoms with van der Waals surface area (Å²) < 4.78 is 0. The minimum absolute atomic E-state index is 0.0850. The number of hydrogen-bond donors (Lipinski definition) is 1. The third kappa shape index (κ3) is 1.71. The Morgan fingerprint density at radius 2 is 1.82 bits per heavy atom. The molecule has 0 amide bonds. The van der Waals surface area contributed by atoms with Crippen molar-refractivity contribution in [2.24, 2.45) is 5.41 Å². The monoisotopic (exact) mass is 231 g/mol. The molecule has 0 bridgehead atoms. The molecule has 17 heavy (non-hydrogen) atoms. The van der Waals surface area contributed by atoms with Crippen LogP contribution in [0.5, 0.6) is 0 Å². The Morgan fingerprint density at radius 3 is 2.35 bits per heavy atom. The number of likely N-dealkylation sites (tertiary alicyclic amines) is 1. The van der Waals surface area contributed by atoms with Crippen LogP contribution in [0.1, 0.15) is 31.7 Å². The Labute approximate surface area is 103 Å². The maximum absolute atomic E-state index is 9.77. The van der Waals surface area contributed by atoms with E-state index in [1.807, 2.05) is 0 Å². The first kappa shape index (κ1) is 11.2. The summed E-state index contributed by atoms with van der Waals surface area (Å²) in [6.07, 6.45) is 0.845. The lowest BCUT2D eigenvalue weighted by molar-refractivity contribution is -0.139. The van der Waals surface area contributed by atoms with E-state index in [2.05, 4.69) is 49.1 Å². The molecule has 1 N–H and O–H groups in total. The highest BCUT2D eigenvalue weighted by Crippen LogP contribution is 2.47. The van der Waals surface area contributed by atoms with Gasteiger partial charge in [0.05, 0.1) is 6.10 Å². The average molecular weight is 231 g/mol. The second kappa shape index (κ2) is 3.82. The van der Waals surface area contributed by atoms with E-state index in [4.69, 9.17) is 0 Å². The normalized spacial score (nSPS) is 32.9. The predicted molar refractivity (Wildman–Crippen MR) is 68.9 cm³/mol. The van der Waals surface area contributed by atoms with E-state index in [0.717, 1.165) is 19.5 Å². The van der Waals surface area contributed by atoms with Gasteiger partial charge in [-0.05, 0) is 12.0 Å². The van der Waals surface area contributed by atoms with Crippen molar-refractivity contribution >= 4 is 0 Å². The molecule has 2 aliphatic rings. The van der Waals surface area contributed by atoms with Gasteiger partial charge in [0.2, 0.25) is 0 Å². The Balaban J connectivity index is 1.59. The highest BCUT2D eigenvalue weighted by molar-refractivity contribution is 5.23. The van der Waals surface area contributed by atoms with E-state index in [1.165, 1.54) is 5.56 Å². The minimum atomic E-state index is -0.108. The zero-order chi connectivity index (χ0) is 12.0. The standard InChI is InChI=1S/C15H21NO/c1-15(2)13(8-14(15)17)16-9-12(10-16)11-6-4-3-5-7-11/h3-7,12-14,17H,8-10H2,1-2H3. The maximum Gasteiger partial charge on any atom is 0.0621 e. The van der Waals surface area contributed by atoms with E-state index in [1.54, 1.807) is 0 Å². The topological polar surface area (TPSA) is 23.5 Å². The van der Waals surface area contributed by atoms with Crippen molar-refractivity contribution < 1.29 is 5.11 Å². The van der Waals surface area contributed by atoms with Gasteiger partial charge >= 0.3 is 0 Å². The quantitative estimate of drug-likeness (QED) is 0.844. The van der Waals surface area contributed by atoms with Crippen LogP contribution in [0, 0.1) is 5.41 Å². The Kier molecular flexibility index (Phi) is 2.53. The Bertz CT molecular complexity index is 395. The molecule has 2 nitrogen and oxygen atoms in total. The van der Waals surface area contributed by atoms with Gasteiger partial charge in [-0.2, -0.15) is 0 Å². The SMILES string of the molecule is CC1(C)C(O)CC1N1CC(c2ccccc2)C1. The summed E-state index contributed by atoms with van der Waals surface area (Å²) in [6.45, 7) is 6.68. The molecule has 1 aliphatic carbocycles. The molecule has 0 spiro atoms. The van der Waals surface area contributed by atoms with Gasteiger partial charge in [0.15, 0.2) is 0 Å². The highest BCUT2D eigenvalue weighted by atomic mass is 16.3. The van der Waals surface area contributed by atoms with E-state index >= 15 is 0 Å². The fourth-order valence-corrected chi connectivity index (χ4v) is 3.20. The first-order valence-corrected chi connectivity index (χ1v) is 6.56. The van der Waals surface area contributed by atoms with Crippen LogP contribution in [0.4, 0.5) is 0 Å². The van der Waals surface area contributed by atoms with Gasteiger partial charge in [-0.3, -0.25) is 4.90 Å². The lowest BCUT2D eigenvalue weighted by Gasteiger charge is -2.58. The zero-order valence-corrected chi connectivity index (χ0v) is 10.6. The van der Waals surface area contributed by atoms with Crippen LogP contribution in [-0.2, 0) is 0 Å². The number of nitrogens with zero attached hydrogens (tertiary/aromatic N) is 1. The summed E-state index contributed by atoms with van der Waals surface area (Å²) in [6, 6.07) is 11.3. The van der Waals surface area contributed by atoms with Crippen molar-refractivity contribution in [3.05, 3.63) is 35.9 Å². The maximum atomic E-state index is 9.77. The van der Waals surface area contributed by atoms with Crippen LogP contribution in [0.15, 0.2) is 30.3 Å². The molecule has 2 heteroatoms. The molecule has 0 radical (unpaired) electrons. The summed E-state index contributed by atoms with van der Waals surface area (Å²) in [5, 5.41) is 9.77. The van der Waals surface area contributed by atoms with Crippen molar-refractivity contribution in [3.63, 3.8) is 0 Å². The van der Waals surface area contributed by atoms with Crippen molar-refractivity contribution in [2.45, 2.75) is 38.3 Å². The summed E-state index contributed by atoms with van der Waals surface area (Å²) in [4.78, 5) is 2.53. The van der Waals surface area contributed by atoms with Gasteiger partial charge in [-0.25, -0.2) is 0 Å². The lowest BCUT2D eigenvalue weighted by Crippen LogP contribution is -2.65. The number of hydrogen-bond acceptors (Lipinski definition) is 2. The van der Waals surface area contributed by atoms with Crippen molar-refractivity contribution in [1.82, 2.24) is 4.90 Å². The first-order chi connectivity index (χ1) is 8.09. The molecule has 1 saturated heterocycles. The van der Waals surface area contributed by atoms with Gasteiger partial charge < -0.3 is 5.11 Å². The summed E-state index contributed by atoms with van der Waals surface area (Å²) in [5.41, 5.74) is 1.54. The van der Waals surface area contributed by atoms with Crippen LogP contribution in [0.3, 0.4) is 0 Å². The van der Waals surface area contributed by atoms with Crippen molar-refractivity contribution in [3.8, 4) is 0 Å². The van der Waals surface area contributed by atoms with Crippen LogP contribution in [0.25, 0.3) is 0 Å². The van der Waals surface area contributed by atoms with Crippen LogP contribution in [-0.4, -0.2) is 35.2 Å². The molecule has 1 aromatic carbocycles. The minimum Gasteiger partial charge on any atom is -0.392 e. The molecule has 3 rings (SSSR count).